The van der Waals surface area contributed by atoms with E-state index < -0.39 is 0 Å². The second-order valence-electron chi connectivity index (χ2n) is 3.45. The highest BCUT2D eigenvalue weighted by Gasteiger charge is 1.99. The summed E-state index contributed by atoms with van der Waals surface area (Å²) in [5.74, 6) is 0.621. The normalized spacial score (nSPS) is 9.80. The van der Waals surface area contributed by atoms with Gasteiger partial charge in [0.2, 0.25) is 0 Å². The first-order valence-corrected chi connectivity index (χ1v) is 6.41. The molecule has 0 aliphatic heterocycles. The minimum Gasteiger partial charge on any atom is -0.0993 e. The zero-order chi connectivity index (χ0) is 12.9. The predicted molar refractivity (Wildman–Crippen MR) is 75.3 cm³/mol. The molecule has 0 spiro atoms. The molecule has 0 aromatic carbocycles. The molecule has 92 valence electrons. The zero-order valence-corrected chi connectivity index (χ0v) is 12.3. The van der Waals surface area contributed by atoms with Crippen molar-refractivity contribution >= 4 is 0 Å². The van der Waals surface area contributed by atoms with E-state index in [9.17, 15) is 0 Å². The molecule has 0 aromatic heterocycles. The summed E-state index contributed by atoms with van der Waals surface area (Å²) in [4.78, 5) is 0. The number of allylic oxidation sites excluding steroid dienone is 3. The molecule has 15 heavy (non-hydrogen) atoms. The SMILES string of the molecule is C=C(C/C(C)=C\CC)C(C)C.CC.CC. The third-order valence-corrected chi connectivity index (χ3v) is 1.87. The van der Waals surface area contributed by atoms with Crippen molar-refractivity contribution < 1.29 is 0 Å². The third kappa shape index (κ3) is 16.2. The second kappa shape index (κ2) is 15.9. The Bertz CT molecular complexity index is 149. The van der Waals surface area contributed by atoms with Crippen LogP contribution in [0.4, 0.5) is 0 Å². The lowest BCUT2D eigenvalue weighted by Gasteiger charge is -2.08. The molecule has 0 unspecified atom stereocenters. The van der Waals surface area contributed by atoms with E-state index in [4.69, 9.17) is 0 Å². The Hall–Kier alpha value is -0.520. The Labute approximate surface area is 98.5 Å². The maximum Gasteiger partial charge on any atom is -0.0111 e. The van der Waals surface area contributed by atoms with Crippen molar-refractivity contribution in [3.05, 3.63) is 23.8 Å². The molecule has 0 radical (unpaired) electrons. The molecule has 0 rings (SSSR count). The van der Waals surface area contributed by atoms with Crippen LogP contribution in [-0.4, -0.2) is 0 Å². The first-order chi connectivity index (χ1) is 7.07. The molecule has 0 N–H and O–H groups in total. The van der Waals surface area contributed by atoms with E-state index in [1.807, 2.05) is 27.7 Å². The van der Waals surface area contributed by atoms with Gasteiger partial charge in [0.25, 0.3) is 0 Å². The number of hydrogen-bond donors (Lipinski definition) is 0. The zero-order valence-electron chi connectivity index (χ0n) is 12.3. The van der Waals surface area contributed by atoms with Gasteiger partial charge in [-0.3, -0.25) is 0 Å². The van der Waals surface area contributed by atoms with Crippen molar-refractivity contribution in [2.75, 3.05) is 0 Å². The fourth-order valence-electron chi connectivity index (χ4n) is 0.983. The van der Waals surface area contributed by atoms with Gasteiger partial charge in [-0.15, -0.1) is 0 Å². The van der Waals surface area contributed by atoms with E-state index in [-0.39, 0.29) is 0 Å². The molecular weight excluding hydrogens is 180 g/mol. The van der Waals surface area contributed by atoms with E-state index in [1.54, 1.807) is 0 Å². The summed E-state index contributed by atoms with van der Waals surface area (Å²) in [5.41, 5.74) is 2.79. The van der Waals surface area contributed by atoms with Crippen LogP contribution in [0.5, 0.6) is 0 Å². The molecule has 0 aliphatic carbocycles. The molecule has 0 aliphatic rings. The van der Waals surface area contributed by atoms with Gasteiger partial charge in [-0.05, 0) is 25.7 Å². The summed E-state index contributed by atoms with van der Waals surface area (Å²) in [6, 6.07) is 0. The predicted octanol–water partition coefficient (Wildman–Crippen LogP) is 6.00. The van der Waals surface area contributed by atoms with Gasteiger partial charge in [0.1, 0.15) is 0 Å². The molecule has 0 saturated carbocycles. The largest absolute Gasteiger partial charge is 0.0993 e. The number of hydrogen-bond acceptors (Lipinski definition) is 0. The molecule has 0 aromatic rings. The fraction of sp³-hybridized carbons (Fsp3) is 0.733. The van der Waals surface area contributed by atoms with Gasteiger partial charge in [0, 0.05) is 0 Å². The quantitative estimate of drug-likeness (QED) is 0.501. The highest BCUT2D eigenvalue weighted by atomic mass is 14.1. The lowest BCUT2D eigenvalue weighted by atomic mass is 9.98. The Morgan fingerprint density at radius 1 is 1.13 bits per heavy atom. The van der Waals surface area contributed by atoms with E-state index in [0.29, 0.717) is 5.92 Å². The van der Waals surface area contributed by atoms with Crippen molar-refractivity contribution in [3.8, 4) is 0 Å². The molecular formula is C15H32. The van der Waals surface area contributed by atoms with Crippen molar-refractivity contribution in [1.29, 1.82) is 0 Å². The van der Waals surface area contributed by atoms with Crippen LogP contribution in [0.15, 0.2) is 23.8 Å². The van der Waals surface area contributed by atoms with Crippen LogP contribution >= 0.6 is 0 Å². The fourth-order valence-corrected chi connectivity index (χ4v) is 0.983. The molecule has 0 nitrogen and oxygen atoms in total. The van der Waals surface area contributed by atoms with Crippen LogP contribution in [0.1, 0.15) is 68.2 Å². The minimum atomic E-state index is 0.621. The maximum absolute atomic E-state index is 4.04. The monoisotopic (exact) mass is 212 g/mol. The summed E-state index contributed by atoms with van der Waals surface area (Å²) in [6.45, 7) is 20.8. The highest BCUT2D eigenvalue weighted by molar-refractivity contribution is 5.11. The summed E-state index contributed by atoms with van der Waals surface area (Å²) < 4.78 is 0. The van der Waals surface area contributed by atoms with Crippen molar-refractivity contribution in [2.24, 2.45) is 5.92 Å². The minimum absolute atomic E-state index is 0.621. The van der Waals surface area contributed by atoms with Crippen LogP contribution in [0.3, 0.4) is 0 Å². The average Bonchev–Trinajstić information content (AvgIpc) is 2.24. The van der Waals surface area contributed by atoms with Crippen LogP contribution in [0.2, 0.25) is 0 Å². The third-order valence-electron chi connectivity index (χ3n) is 1.87. The Morgan fingerprint density at radius 3 is 1.80 bits per heavy atom. The van der Waals surface area contributed by atoms with E-state index >= 15 is 0 Å². The Morgan fingerprint density at radius 2 is 1.53 bits per heavy atom. The van der Waals surface area contributed by atoms with E-state index in [1.165, 1.54) is 11.1 Å². The summed E-state index contributed by atoms with van der Waals surface area (Å²) in [5, 5.41) is 0. The van der Waals surface area contributed by atoms with Crippen LogP contribution in [0, 0.1) is 5.92 Å². The maximum atomic E-state index is 4.04. The first kappa shape index (κ1) is 20.0. The smallest absolute Gasteiger partial charge is 0.0111 e. The van der Waals surface area contributed by atoms with Gasteiger partial charge < -0.3 is 0 Å². The highest BCUT2D eigenvalue weighted by Crippen LogP contribution is 2.16. The first-order valence-electron chi connectivity index (χ1n) is 6.41. The van der Waals surface area contributed by atoms with Gasteiger partial charge in [-0.25, -0.2) is 0 Å². The number of rotatable bonds is 4. The second-order valence-corrected chi connectivity index (χ2v) is 3.45. The lowest BCUT2D eigenvalue weighted by molar-refractivity contribution is 0.741. The van der Waals surface area contributed by atoms with Gasteiger partial charge in [-0.2, -0.15) is 0 Å². The topological polar surface area (TPSA) is 0 Å². The summed E-state index contributed by atoms with van der Waals surface area (Å²) >= 11 is 0. The Balaban J connectivity index is -0.000000318. The molecule has 0 amide bonds. The standard InChI is InChI=1S/C11H20.2C2H6/c1-6-7-10(4)8-11(5)9(2)3;2*1-2/h7,9H,5-6,8H2,1-4H3;2*1-2H3/b10-7-;;. The van der Waals surface area contributed by atoms with E-state index in [2.05, 4.69) is 40.3 Å². The van der Waals surface area contributed by atoms with Crippen LogP contribution in [0.25, 0.3) is 0 Å². The van der Waals surface area contributed by atoms with Gasteiger partial charge in [0.15, 0.2) is 0 Å². The summed E-state index contributed by atoms with van der Waals surface area (Å²) in [6.07, 6.45) is 4.48. The molecule has 0 saturated heterocycles. The molecule has 0 atom stereocenters. The van der Waals surface area contributed by atoms with Crippen molar-refractivity contribution in [1.82, 2.24) is 0 Å². The Kier molecular flexibility index (Phi) is 21.2. The van der Waals surface area contributed by atoms with Crippen molar-refractivity contribution in [2.45, 2.75) is 68.2 Å². The van der Waals surface area contributed by atoms with Gasteiger partial charge in [0.05, 0.1) is 0 Å². The van der Waals surface area contributed by atoms with Gasteiger partial charge in [-0.1, -0.05) is 72.3 Å². The van der Waals surface area contributed by atoms with Gasteiger partial charge >= 0.3 is 0 Å². The average molecular weight is 212 g/mol. The molecule has 0 heterocycles. The lowest BCUT2D eigenvalue weighted by Crippen LogP contribution is -1.92. The van der Waals surface area contributed by atoms with Crippen LogP contribution < -0.4 is 0 Å². The van der Waals surface area contributed by atoms with Crippen molar-refractivity contribution in [3.63, 3.8) is 0 Å². The summed E-state index contributed by atoms with van der Waals surface area (Å²) in [7, 11) is 0. The molecule has 0 bridgehead atoms. The molecule has 0 heteroatoms. The van der Waals surface area contributed by atoms with Crippen LogP contribution in [-0.2, 0) is 0 Å². The van der Waals surface area contributed by atoms with E-state index in [0.717, 1.165) is 12.8 Å². The molecule has 0 fully saturated rings.